The van der Waals surface area contributed by atoms with Gasteiger partial charge in [-0.25, -0.2) is 0 Å². The molecule has 1 heterocycles. The van der Waals surface area contributed by atoms with E-state index >= 15 is 0 Å². The molecule has 0 aliphatic rings. The lowest BCUT2D eigenvalue weighted by Gasteiger charge is -2.00. The average Bonchev–Trinajstić information content (AvgIpc) is 2.44. The Labute approximate surface area is 83.2 Å². The van der Waals surface area contributed by atoms with Crippen LogP contribution in [0.3, 0.4) is 0 Å². The van der Waals surface area contributed by atoms with E-state index in [2.05, 4.69) is 0 Å². The second kappa shape index (κ2) is 3.46. The molecule has 2 nitrogen and oxygen atoms in total. The van der Waals surface area contributed by atoms with Crippen LogP contribution in [0.4, 0.5) is 0 Å². The maximum Gasteiger partial charge on any atom is 0.134 e. The van der Waals surface area contributed by atoms with Crippen LogP contribution in [0.2, 0.25) is 0 Å². The summed E-state index contributed by atoms with van der Waals surface area (Å²) in [6.07, 6.45) is 0.231. The largest absolute Gasteiger partial charge is 0.461 e. The highest BCUT2D eigenvalue weighted by Crippen LogP contribution is 2.25. The number of aliphatic hydroxyl groups is 1. The molecule has 0 aliphatic carbocycles. The first-order valence-corrected chi connectivity index (χ1v) is 4.83. The zero-order valence-corrected chi connectivity index (χ0v) is 8.45. The number of aliphatic hydroxyl groups excluding tert-OH is 1. The van der Waals surface area contributed by atoms with Crippen LogP contribution in [0.25, 0.3) is 11.0 Å². The van der Waals surface area contributed by atoms with Gasteiger partial charge in [-0.05, 0) is 25.5 Å². The minimum Gasteiger partial charge on any atom is -0.461 e. The quantitative estimate of drug-likeness (QED) is 0.789. The fourth-order valence-corrected chi connectivity index (χ4v) is 1.69. The van der Waals surface area contributed by atoms with Crippen LogP contribution in [0.5, 0.6) is 0 Å². The van der Waals surface area contributed by atoms with Crippen molar-refractivity contribution in [2.45, 2.75) is 26.4 Å². The van der Waals surface area contributed by atoms with E-state index in [-0.39, 0.29) is 6.10 Å². The summed E-state index contributed by atoms with van der Waals surface area (Å²) < 4.78 is 5.65. The predicted molar refractivity (Wildman–Crippen MR) is 56.3 cm³/mol. The summed E-state index contributed by atoms with van der Waals surface area (Å²) in [5, 5.41) is 10.4. The van der Waals surface area contributed by atoms with Crippen LogP contribution in [0.1, 0.15) is 18.2 Å². The maximum atomic E-state index is 9.30. The molecule has 0 unspecified atom stereocenters. The molecule has 2 aromatic rings. The first-order chi connectivity index (χ1) is 6.68. The second-order valence-electron chi connectivity index (χ2n) is 3.70. The molecule has 1 aromatic carbocycles. The van der Waals surface area contributed by atoms with Crippen molar-refractivity contribution in [1.82, 2.24) is 0 Å². The van der Waals surface area contributed by atoms with E-state index in [1.807, 2.05) is 31.2 Å². The molecule has 0 fully saturated rings. The smallest absolute Gasteiger partial charge is 0.134 e. The molecule has 0 saturated heterocycles. The zero-order chi connectivity index (χ0) is 10.1. The molecule has 1 N–H and O–H groups in total. The van der Waals surface area contributed by atoms with Crippen LogP contribution in [-0.2, 0) is 6.42 Å². The van der Waals surface area contributed by atoms with Gasteiger partial charge in [-0.15, -0.1) is 0 Å². The van der Waals surface area contributed by atoms with Gasteiger partial charge in [0.05, 0.1) is 6.10 Å². The monoisotopic (exact) mass is 190 g/mol. The van der Waals surface area contributed by atoms with Gasteiger partial charge in [-0.1, -0.05) is 18.2 Å². The van der Waals surface area contributed by atoms with E-state index in [1.165, 1.54) is 0 Å². The number of hydrogen-bond donors (Lipinski definition) is 1. The topological polar surface area (TPSA) is 33.4 Å². The minimum absolute atomic E-state index is 0.353. The molecule has 0 radical (unpaired) electrons. The molecule has 2 rings (SSSR count). The summed E-state index contributed by atoms with van der Waals surface area (Å²) in [7, 11) is 0. The summed E-state index contributed by atoms with van der Waals surface area (Å²) in [5.74, 6) is 0.890. The summed E-state index contributed by atoms with van der Waals surface area (Å²) in [6.45, 7) is 3.80. The lowest BCUT2D eigenvalue weighted by Crippen LogP contribution is -2.03. The fourth-order valence-electron chi connectivity index (χ4n) is 1.69. The number of hydrogen-bond acceptors (Lipinski definition) is 2. The van der Waals surface area contributed by atoms with Crippen LogP contribution in [-0.4, -0.2) is 11.2 Å². The van der Waals surface area contributed by atoms with Gasteiger partial charge in [-0.2, -0.15) is 0 Å². The van der Waals surface area contributed by atoms with Gasteiger partial charge >= 0.3 is 0 Å². The number of rotatable bonds is 2. The lowest BCUT2D eigenvalue weighted by molar-refractivity contribution is 0.188. The average molecular weight is 190 g/mol. The highest BCUT2D eigenvalue weighted by molar-refractivity contribution is 5.81. The first kappa shape index (κ1) is 9.28. The Kier molecular flexibility index (Phi) is 2.30. The summed E-state index contributed by atoms with van der Waals surface area (Å²) in [6, 6.07) is 7.95. The number of benzene rings is 1. The van der Waals surface area contributed by atoms with Gasteiger partial charge in [0.2, 0.25) is 0 Å². The van der Waals surface area contributed by atoms with Crippen molar-refractivity contribution in [3.05, 3.63) is 35.6 Å². The summed E-state index contributed by atoms with van der Waals surface area (Å²) in [4.78, 5) is 0. The van der Waals surface area contributed by atoms with Gasteiger partial charge in [0.1, 0.15) is 11.3 Å². The van der Waals surface area contributed by atoms with E-state index in [0.717, 1.165) is 22.3 Å². The molecule has 1 aromatic heterocycles. The zero-order valence-electron chi connectivity index (χ0n) is 8.45. The molecular weight excluding hydrogens is 176 g/mol. The van der Waals surface area contributed by atoms with Crippen LogP contribution in [0, 0.1) is 6.92 Å². The van der Waals surface area contributed by atoms with Crippen molar-refractivity contribution < 1.29 is 9.52 Å². The molecule has 74 valence electrons. The Bertz CT molecular complexity index is 441. The number of fused-ring (bicyclic) bond motifs is 1. The lowest BCUT2D eigenvalue weighted by atomic mass is 10.1. The Balaban J connectivity index is 2.51. The predicted octanol–water partition coefficient (Wildman–Crippen LogP) is 2.66. The second-order valence-corrected chi connectivity index (χ2v) is 3.70. The van der Waals surface area contributed by atoms with Gasteiger partial charge < -0.3 is 9.52 Å². The Morgan fingerprint density at radius 1 is 1.36 bits per heavy atom. The van der Waals surface area contributed by atoms with Crippen LogP contribution in [0.15, 0.2) is 28.7 Å². The molecule has 0 spiro atoms. The third-order valence-electron chi connectivity index (χ3n) is 2.42. The van der Waals surface area contributed by atoms with Crippen molar-refractivity contribution in [2.75, 3.05) is 0 Å². The Hall–Kier alpha value is -1.28. The molecule has 0 bridgehead atoms. The first-order valence-electron chi connectivity index (χ1n) is 4.83. The molecule has 14 heavy (non-hydrogen) atoms. The Morgan fingerprint density at radius 2 is 2.07 bits per heavy atom. The van der Waals surface area contributed by atoms with Crippen molar-refractivity contribution in [2.24, 2.45) is 0 Å². The molecule has 1 atom stereocenters. The van der Waals surface area contributed by atoms with Gasteiger partial charge in [0, 0.05) is 11.8 Å². The number of furan rings is 1. The normalized spacial score (nSPS) is 13.4. The highest BCUT2D eigenvalue weighted by Gasteiger charge is 2.11. The van der Waals surface area contributed by atoms with Crippen LogP contribution < -0.4 is 0 Å². The van der Waals surface area contributed by atoms with E-state index in [1.54, 1.807) is 6.92 Å². The Morgan fingerprint density at radius 3 is 2.71 bits per heavy atom. The highest BCUT2D eigenvalue weighted by atomic mass is 16.3. The molecule has 2 heteroatoms. The molecular formula is C12H14O2. The SMILES string of the molecule is Cc1c(C[C@H](C)O)oc2ccccc12. The molecule has 0 aliphatic heterocycles. The van der Waals surface area contributed by atoms with E-state index in [4.69, 9.17) is 4.42 Å². The van der Waals surface area contributed by atoms with Crippen molar-refractivity contribution in [3.63, 3.8) is 0 Å². The minimum atomic E-state index is -0.353. The number of para-hydroxylation sites is 1. The third-order valence-corrected chi connectivity index (χ3v) is 2.42. The number of aryl methyl sites for hydroxylation is 1. The van der Waals surface area contributed by atoms with Crippen molar-refractivity contribution >= 4 is 11.0 Å². The third kappa shape index (κ3) is 1.53. The van der Waals surface area contributed by atoms with Crippen LogP contribution >= 0.6 is 0 Å². The van der Waals surface area contributed by atoms with E-state index in [9.17, 15) is 5.11 Å². The van der Waals surface area contributed by atoms with Gasteiger partial charge in [0.25, 0.3) is 0 Å². The van der Waals surface area contributed by atoms with Gasteiger partial charge in [-0.3, -0.25) is 0 Å². The fraction of sp³-hybridized carbons (Fsp3) is 0.333. The van der Waals surface area contributed by atoms with Gasteiger partial charge in [0.15, 0.2) is 0 Å². The van der Waals surface area contributed by atoms with E-state index in [0.29, 0.717) is 6.42 Å². The van der Waals surface area contributed by atoms with Crippen molar-refractivity contribution in [1.29, 1.82) is 0 Å². The standard InChI is InChI=1S/C12H14O2/c1-8(13)7-12-9(2)10-5-3-4-6-11(10)14-12/h3-6,8,13H,7H2,1-2H3/t8-/m0/s1. The molecule has 0 saturated carbocycles. The maximum absolute atomic E-state index is 9.30. The van der Waals surface area contributed by atoms with Crippen molar-refractivity contribution in [3.8, 4) is 0 Å². The summed E-state index contributed by atoms with van der Waals surface area (Å²) in [5.41, 5.74) is 2.04. The van der Waals surface area contributed by atoms with E-state index < -0.39 is 0 Å². The summed E-state index contributed by atoms with van der Waals surface area (Å²) >= 11 is 0. The molecule has 0 amide bonds.